The van der Waals surface area contributed by atoms with Gasteiger partial charge in [0, 0.05) is 22.3 Å². The molecule has 0 saturated carbocycles. The van der Waals surface area contributed by atoms with Crippen LogP contribution in [-0.2, 0) is 5.41 Å². The summed E-state index contributed by atoms with van der Waals surface area (Å²) in [6.07, 6.45) is 1.81. The van der Waals surface area contributed by atoms with Crippen molar-refractivity contribution in [1.29, 1.82) is 0 Å². The van der Waals surface area contributed by atoms with Crippen LogP contribution in [0.3, 0.4) is 0 Å². The highest BCUT2D eigenvalue weighted by atomic mass is 16.1. The number of fused-ring (bicyclic) bond motifs is 1. The molecule has 6 aromatic rings. The summed E-state index contributed by atoms with van der Waals surface area (Å²) in [6.45, 7) is 6.70. The lowest BCUT2D eigenvalue weighted by Crippen LogP contribution is -2.10. The van der Waals surface area contributed by atoms with Crippen molar-refractivity contribution in [3.8, 4) is 11.1 Å². The number of hydrogen-bond acceptors (Lipinski definition) is 2. The molecule has 0 heterocycles. The minimum Gasteiger partial charge on any atom is -0.298 e. The number of carbonyl (C=O) groups is 2. The van der Waals surface area contributed by atoms with Crippen LogP contribution in [0, 0.1) is 0 Å². The van der Waals surface area contributed by atoms with Gasteiger partial charge in [-0.2, -0.15) is 0 Å². The lowest BCUT2D eigenvalue weighted by atomic mass is 9.81. The van der Waals surface area contributed by atoms with E-state index in [0.29, 0.717) is 11.1 Å². The fraction of sp³-hybridized carbons (Fsp3) is 0.125. The molecule has 0 bridgehead atoms. The van der Waals surface area contributed by atoms with Gasteiger partial charge in [0.05, 0.1) is 0 Å². The fourth-order valence-electron chi connectivity index (χ4n) is 5.39. The Kier molecular flexibility index (Phi) is 4.37. The van der Waals surface area contributed by atoms with E-state index < -0.39 is 0 Å². The van der Waals surface area contributed by atoms with Crippen LogP contribution in [0.15, 0.2) is 78.9 Å². The van der Waals surface area contributed by atoms with E-state index in [1.54, 1.807) is 0 Å². The first-order valence-electron chi connectivity index (χ1n) is 11.6. The van der Waals surface area contributed by atoms with Gasteiger partial charge in [0.25, 0.3) is 0 Å². The summed E-state index contributed by atoms with van der Waals surface area (Å²) in [4.78, 5) is 24.5. The standard InChI is InChI=1S/C32H24O2/c1-32(2,3)25-15-21-10-9-20-14-24(18-34)31(27-13-12-22(16-25)28(21)29(20)27)30-23(17-33)11-8-19-6-4-5-7-26(19)30/h4-18H,1-3H3. The molecule has 164 valence electrons. The monoisotopic (exact) mass is 440 g/mol. The fourth-order valence-corrected chi connectivity index (χ4v) is 5.39. The molecule has 6 aromatic carbocycles. The molecule has 34 heavy (non-hydrogen) atoms. The summed E-state index contributed by atoms with van der Waals surface area (Å²) in [6, 6.07) is 26.9. The zero-order valence-electron chi connectivity index (χ0n) is 19.5. The third-order valence-electron chi connectivity index (χ3n) is 7.08. The quantitative estimate of drug-likeness (QED) is 0.205. The third-order valence-corrected chi connectivity index (χ3v) is 7.08. The Morgan fingerprint density at radius 2 is 1.15 bits per heavy atom. The van der Waals surface area contributed by atoms with Crippen LogP contribution in [0.2, 0.25) is 0 Å². The highest BCUT2D eigenvalue weighted by Crippen LogP contribution is 2.44. The van der Waals surface area contributed by atoms with Crippen molar-refractivity contribution < 1.29 is 9.59 Å². The predicted octanol–water partition coefficient (Wildman–Crippen LogP) is 8.33. The van der Waals surface area contributed by atoms with Crippen molar-refractivity contribution in [2.24, 2.45) is 0 Å². The molecule has 0 radical (unpaired) electrons. The van der Waals surface area contributed by atoms with Gasteiger partial charge in [-0.3, -0.25) is 9.59 Å². The third kappa shape index (κ3) is 2.88. The molecule has 6 rings (SSSR count). The molecule has 0 aliphatic carbocycles. The highest BCUT2D eigenvalue weighted by Gasteiger charge is 2.21. The van der Waals surface area contributed by atoms with Gasteiger partial charge in [-0.25, -0.2) is 0 Å². The molecule has 0 atom stereocenters. The SMILES string of the molecule is CC(C)(C)c1cc2ccc3cc(C=O)c(-c4c(C=O)ccc5ccccc45)c4ccc(c1)c2c34. The second kappa shape index (κ2) is 7.23. The van der Waals surface area contributed by atoms with E-state index in [2.05, 4.69) is 57.2 Å². The Labute approximate surface area is 198 Å². The minimum absolute atomic E-state index is 0.0438. The van der Waals surface area contributed by atoms with E-state index in [9.17, 15) is 9.59 Å². The van der Waals surface area contributed by atoms with E-state index >= 15 is 0 Å². The molecule has 0 aliphatic heterocycles. The van der Waals surface area contributed by atoms with Crippen molar-refractivity contribution in [2.75, 3.05) is 0 Å². The zero-order chi connectivity index (χ0) is 23.6. The van der Waals surface area contributed by atoms with Gasteiger partial charge in [0.1, 0.15) is 0 Å². The largest absolute Gasteiger partial charge is 0.298 e. The van der Waals surface area contributed by atoms with Gasteiger partial charge in [0.15, 0.2) is 12.6 Å². The molecule has 2 heteroatoms. The van der Waals surface area contributed by atoms with Crippen LogP contribution in [0.1, 0.15) is 47.1 Å². The van der Waals surface area contributed by atoms with Crippen molar-refractivity contribution in [2.45, 2.75) is 26.2 Å². The van der Waals surface area contributed by atoms with Crippen molar-refractivity contribution in [1.82, 2.24) is 0 Å². The molecule has 0 unspecified atom stereocenters. The summed E-state index contributed by atoms with van der Waals surface area (Å²) in [5.74, 6) is 0. The smallest absolute Gasteiger partial charge is 0.150 e. The Hall–Kier alpha value is -4.04. The van der Waals surface area contributed by atoms with Crippen LogP contribution < -0.4 is 0 Å². The number of hydrogen-bond donors (Lipinski definition) is 0. The Morgan fingerprint density at radius 1 is 0.559 bits per heavy atom. The van der Waals surface area contributed by atoms with Crippen LogP contribution in [0.5, 0.6) is 0 Å². The van der Waals surface area contributed by atoms with Gasteiger partial charge >= 0.3 is 0 Å². The first kappa shape index (κ1) is 20.6. The normalized spacial score (nSPS) is 12.2. The maximum absolute atomic E-state index is 12.4. The number of aldehydes is 2. The lowest BCUT2D eigenvalue weighted by molar-refractivity contribution is 0.111. The number of benzene rings is 6. The van der Waals surface area contributed by atoms with Crippen LogP contribution in [0.25, 0.3) is 54.2 Å². The van der Waals surface area contributed by atoms with Gasteiger partial charge in [-0.1, -0.05) is 93.6 Å². The Morgan fingerprint density at radius 3 is 1.82 bits per heavy atom. The Balaban J connectivity index is 1.83. The molecule has 2 nitrogen and oxygen atoms in total. The van der Waals surface area contributed by atoms with Gasteiger partial charge in [-0.15, -0.1) is 0 Å². The van der Waals surface area contributed by atoms with Crippen molar-refractivity contribution in [3.63, 3.8) is 0 Å². The first-order valence-corrected chi connectivity index (χ1v) is 11.6. The van der Waals surface area contributed by atoms with E-state index in [1.165, 1.54) is 21.7 Å². The zero-order valence-corrected chi connectivity index (χ0v) is 19.5. The second-order valence-electron chi connectivity index (χ2n) is 10.2. The van der Waals surface area contributed by atoms with Crippen LogP contribution in [0.4, 0.5) is 0 Å². The van der Waals surface area contributed by atoms with E-state index in [-0.39, 0.29) is 5.41 Å². The van der Waals surface area contributed by atoms with Crippen molar-refractivity contribution in [3.05, 3.63) is 95.6 Å². The second-order valence-corrected chi connectivity index (χ2v) is 10.2. The molecule has 0 N–H and O–H groups in total. The lowest BCUT2D eigenvalue weighted by Gasteiger charge is -2.22. The maximum Gasteiger partial charge on any atom is 0.150 e. The first-order chi connectivity index (χ1) is 16.4. The number of carbonyl (C=O) groups excluding carboxylic acids is 2. The Bertz CT molecular complexity index is 1750. The minimum atomic E-state index is 0.0438. The molecule has 0 spiro atoms. The summed E-state index contributed by atoms with van der Waals surface area (Å²) in [5, 5.41) is 8.78. The number of rotatable bonds is 3. The molecular formula is C32H24O2. The molecule has 0 aromatic heterocycles. The summed E-state index contributed by atoms with van der Waals surface area (Å²) in [5.41, 5.74) is 4.18. The molecule has 0 saturated heterocycles. The predicted molar refractivity (Wildman–Crippen MR) is 143 cm³/mol. The molecule has 0 fully saturated rings. The van der Waals surface area contributed by atoms with Crippen LogP contribution >= 0.6 is 0 Å². The summed E-state index contributed by atoms with van der Waals surface area (Å²) >= 11 is 0. The molecule has 0 aliphatic rings. The average molecular weight is 441 g/mol. The maximum atomic E-state index is 12.4. The molecular weight excluding hydrogens is 416 g/mol. The molecule has 0 amide bonds. The van der Waals surface area contributed by atoms with Crippen LogP contribution in [-0.4, -0.2) is 12.6 Å². The van der Waals surface area contributed by atoms with Gasteiger partial charge < -0.3 is 0 Å². The van der Waals surface area contributed by atoms with Gasteiger partial charge in [-0.05, 0) is 60.1 Å². The van der Waals surface area contributed by atoms with E-state index in [4.69, 9.17) is 0 Å². The summed E-state index contributed by atoms with van der Waals surface area (Å²) in [7, 11) is 0. The van der Waals surface area contributed by atoms with E-state index in [0.717, 1.165) is 50.6 Å². The van der Waals surface area contributed by atoms with Gasteiger partial charge in [0.2, 0.25) is 0 Å². The topological polar surface area (TPSA) is 34.1 Å². The van der Waals surface area contributed by atoms with E-state index in [1.807, 2.05) is 42.5 Å². The average Bonchev–Trinajstić information content (AvgIpc) is 2.85. The summed E-state index contributed by atoms with van der Waals surface area (Å²) < 4.78 is 0. The van der Waals surface area contributed by atoms with Crippen molar-refractivity contribution >= 4 is 55.7 Å². The highest BCUT2D eigenvalue weighted by molar-refractivity contribution is 6.28.